The van der Waals surface area contributed by atoms with E-state index in [9.17, 15) is 9.59 Å². The summed E-state index contributed by atoms with van der Waals surface area (Å²) in [4.78, 5) is 27.1. The van der Waals surface area contributed by atoms with E-state index in [1.165, 1.54) is 10.5 Å². The van der Waals surface area contributed by atoms with Crippen molar-refractivity contribution in [2.75, 3.05) is 25.0 Å². The van der Waals surface area contributed by atoms with Gasteiger partial charge < -0.3 is 15.3 Å². The molecule has 1 aromatic carbocycles. The van der Waals surface area contributed by atoms with Crippen LogP contribution < -0.4 is 5.32 Å². The second-order valence-corrected chi connectivity index (χ2v) is 6.97. The summed E-state index contributed by atoms with van der Waals surface area (Å²) < 4.78 is 0. The summed E-state index contributed by atoms with van der Waals surface area (Å²) in [6.07, 6.45) is 0.739. The fraction of sp³-hybridized carbons (Fsp3) is 0.333. The number of benzene rings is 1. The van der Waals surface area contributed by atoms with Crippen LogP contribution in [0.4, 0.5) is 5.69 Å². The summed E-state index contributed by atoms with van der Waals surface area (Å²) in [5, 5.41) is 13.9. The second-order valence-electron chi connectivity index (χ2n) is 6.06. The SMILES string of the molecule is Cc1ccsc1-c1cccc(NC(=O)C(=O)N2CCC(CO)C2)c1. The molecule has 2 N–H and O–H groups in total. The number of hydrogen-bond acceptors (Lipinski definition) is 4. The Morgan fingerprint density at radius 3 is 2.88 bits per heavy atom. The summed E-state index contributed by atoms with van der Waals surface area (Å²) in [5.74, 6) is -1.09. The van der Waals surface area contributed by atoms with Crippen LogP contribution in [0.25, 0.3) is 10.4 Å². The first kappa shape index (κ1) is 16.7. The van der Waals surface area contributed by atoms with Crippen LogP contribution in [-0.4, -0.2) is 41.5 Å². The Balaban J connectivity index is 1.69. The maximum absolute atomic E-state index is 12.2. The number of nitrogens with one attached hydrogen (secondary N) is 1. The van der Waals surface area contributed by atoms with Crippen molar-refractivity contribution in [2.45, 2.75) is 13.3 Å². The highest BCUT2D eigenvalue weighted by molar-refractivity contribution is 7.13. The van der Waals surface area contributed by atoms with Gasteiger partial charge in [-0.3, -0.25) is 9.59 Å². The van der Waals surface area contributed by atoms with E-state index in [0.29, 0.717) is 18.8 Å². The van der Waals surface area contributed by atoms with Crippen molar-refractivity contribution in [2.24, 2.45) is 5.92 Å². The Labute approximate surface area is 144 Å². The highest BCUT2D eigenvalue weighted by Gasteiger charge is 2.29. The maximum atomic E-state index is 12.2. The molecule has 2 aromatic rings. The van der Waals surface area contributed by atoms with E-state index in [1.807, 2.05) is 30.5 Å². The molecule has 1 unspecified atom stereocenters. The molecule has 0 spiro atoms. The number of aliphatic hydroxyl groups is 1. The predicted octanol–water partition coefficient (Wildman–Crippen LogP) is 2.50. The fourth-order valence-corrected chi connectivity index (χ4v) is 3.83. The van der Waals surface area contributed by atoms with Crippen molar-refractivity contribution in [3.05, 3.63) is 41.3 Å². The molecule has 6 heteroatoms. The van der Waals surface area contributed by atoms with Crippen LogP contribution in [0.15, 0.2) is 35.7 Å². The first-order valence-electron chi connectivity index (χ1n) is 7.94. The lowest BCUT2D eigenvalue weighted by atomic mass is 10.1. The zero-order valence-corrected chi connectivity index (χ0v) is 14.3. The summed E-state index contributed by atoms with van der Waals surface area (Å²) in [6.45, 7) is 3.06. The lowest BCUT2D eigenvalue weighted by Crippen LogP contribution is -2.38. The quantitative estimate of drug-likeness (QED) is 0.841. The minimum Gasteiger partial charge on any atom is -0.396 e. The average molecular weight is 344 g/mol. The minimum atomic E-state index is -0.631. The van der Waals surface area contributed by atoms with E-state index < -0.39 is 11.8 Å². The third-order valence-electron chi connectivity index (χ3n) is 4.27. The van der Waals surface area contributed by atoms with Crippen molar-refractivity contribution >= 4 is 28.8 Å². The van der Waals surface area contributed by atoms with Crippen molar-refractivity contribution < 1.29 is 14.7 Å². The van der Waals surface area contributed by atoms with E-state index >= 15 is 0 Å². The van der Waals surface area contributed by atoms with Crippen molar-refractivity contribution in [3.63, 3.8) is 0 Å². The van der Waals surface area contributed by atoms with Crippen LogP contribution in [0, 0.1) is 12.8 Å². The van der Waals surface area contributed by atoms with Gasteiger partial charge >= 0.3 is 11.8 Å². The lowest BCUT2D eigenvalue weighted by molar-refractivity contribution is -0.142. The topological polar surface area (TPSA) is 69.6 Å². The Bertz CT molecular complexity index is 756. The molecule has 3 rings (SSSR count). The molecule has 24 heavy (non-hydrogen) atoms. The third kappa shape index (κ3) is 3.49. The maximum Gasteiger partial charge on any atom is 0.313 e. The van der Waals surface area contributed by atoms with Gasteiger partial charge in [0.2, 0.25) is 0 Å². The minimum absolute atomic E-state index is 0.0492. The molecule has 2 amide bonds. The third-order valence-corrected chi connectivity index (χ3v) is 5.34. The van der Waals surface area contributed by atoms with E-state index in [0.717, 1.165) is 16.9 Å². The van der Waals surface area contributed by atoms with E-state index in [-0.39, 0.29) is 12.5 Å². The molecule has 1 aromatic heterocycles. The van der Waals surface area contributed by atoms with Gasteiger partial charge in [-0.05, 0) is 48.1 Å². The van der Waals surface area contributed by atoms with E-state index in [1.54, 1.807) is 17.4 Å². The average Bonchev–Trinajstić information content (AvgIpc) is 3.23. The molecule has 1 saturated heterocycles. The number of hydrogen-bond donors (Lipinski definition) is 2. The van der Waals surface area contributed by atoms with Gasteiger partial charge in [-0.2, -0.15) is 0 Å². The highest BCUT2D eigenvalue weighted by atomic mass is 32.1. The van der Waals surface area contributed by atoms with Crippen molar-refractivity contribution in [1.29, 1.82) is 0 Å². The van der Waals surface area contributed by atoms with Crippen LogP contribution >= 0.6 is 11.3 Å². The van der Waals surface area contributed by atoms with Gasteiger partial charge in [0.25, 0.3) is 0 Å². The van der Waals surface area contributed by atoms with Crippen molar-refractivity contribution in [3.8, 4) is 10.4 Å². The Morgan fingerprint density at radius 1 is 1.38 bits per heavy atom. The van der Waals surface area contributed by atoms with Gasteiger partial charge in [0.1, 0.15) is 0 Å². The molecule has 1 fully saturated rings. The molecule has 0 saturated carbocycles. The summed E-state index contributed by atoms with van der Waals surface area (Å²) in [6, 6.07) is 9.57. The largest absolute Gasteiger partial charge is 0.396 e. The van der Waals surface area contributed by atoms with Gasteiger partial charge in [-0.25, -0.2) is 0 Å². The number of rotatable bonds is 3. The molecular formula is C18H20N2O3S. The molecule has 1 atom stereocenters. The molecule has 126 valence electrons. The molecule has 5 nitrogen and oxygen atoms in total. The van der Waals surface area contributed by atoms with Crippen LogP contribution in [0.1, 0.15) is 12.0 Å². The van der Waals surface area contributed by atoms with Gasteiger partial charge in [-0.15, -0.1) is 11.3 Å². The number of carbonyl (C=O) groups is 2. The zero-order valence-electron chi connectivity index (χ0n) is 13.5. The number of aryl methyl sites for hydroxylation is 1. The molecule has 0 radical (unpaired) electrons. The van der Waals surface area contributed by atoms with Gasteiger partial charge in [0.15, 0.2) is 0 Å². The summed E-state index contributed by atoms with van der Waals surface area (Å²) in [5.41, 5.74) is 2.82. The molecule has 2 heterocycles. The van der Waals surface area contributed by atoms with Gasteiger partial charge in [-0.1, -0.05) is 12.1 Å². The molecule has 0 aliphatic carbocycles. The van der Waals surface area contributed by atoms with Crippen LogP contribution in [0.2, 0.25) is 0 Å². The Hall–Kier alpha value is -2.18. The standard InChI is InChI=1S/C18H20N2O3S/c1-12-6-8-24-16(12)14-3-2-4-15(9-14)19-17(22)18(23)20-7-5-13(10-20)11-21/h2-4,6,8-9,13,21H,5,7,10-11H2,1H3,(H,19,22). The number of anilines is 1. The monoisotopic (exact) mass is 344 g/mol. The van der Waals surface area contributed by atoms with Crippen LogP contribution in [-0.2, 0) is 9.59 Å². The normalized spacial score (nSPS) is 17.1. The van der Waals surface area contributed by atoms with Crippen LogP contribution in [0.3, 0.4) is 0 Å². The highest BCUT2D eigenvalue weighted by Crippen LogP contribution is 2.30. The fourth-order valence-electron chi connectivity index (χ4n) is 2.90. The summed E-state index contributed by atoms with van der Waals surface area (Å²) in [7, 11) is 0. The molecule has 1 aliphatic rings. The second kappa shape index (κ2) is 7.15. The number of thiophene rings is 1. The number of amides is 2. The Kier molecular flexibility index (Phi) is 4.97. The first-order valence-corrected chi connectivity index (χ1v) is 8.82. The van der Waals surface area contributed by atoms with Crippen LogP contribution in [0.5, 0.6) is 0 Å². The summed E-state index contributed by atoms with van der Waals surface area (Å²) >= 11 is 1.65. The Morgan fingerprint density at radius 2 is 2.21 bits per heavy atom. The number of aliphatic hydroxyl groups excluding tert-OH is 1. The number of likely N-dealkylation sites (tertiary alicyclic amines) is 1. The van der Waals surface area contributed by atoms with E-state index in [4.69, 9.17) is 5.11 Å². The molecule has 0 bridgehead atoms. The van der Waals surface area contributed by atoms with E-state index in [2.05, 4.69) is 11.4 Å². The molecular weight excluding hydrogens is 324 g/mol. The van der Waals surface area contributed by atoms with Crippen molar-refractivity contribution in [1.82, 2.24) is 4.90 Å². The van der Waals surface area contributed by atoms with Gasteiger partial charge in [0.05, 0.1) is 0 Å². The molecule has 1 aliphatic heterocycles. The number of carbonyl (C=O) groups excluding carboxylic acids is 2. The number of nitrogens with zero attached hydrogens (tertiary/aromatic N) is 1. The van der Waals surface area contributed by atoms with Gasteiger partial charge in [0, 0.05) is 36.2 Å². The predicted molar refractivity (Wildman–Crippen MR) is 94.9 cm³/mol. The first-order chi connectivity index (χ1) is 11.6. The zero-order chi connectivity index (χ0) is 17.1. The smallest absolute Gasteiger partial charge is 0.313 e. The lowest BCUT2D eigenvalue weighted by Gasteiger charge is -2.15.